The van der Waals surface area contributed by atoms with Gasteiger partial charge in [-0.15, -0.1) is 0 Å². The predicted molar refractivity (Wildman–Crippen MR) is 95.0 cm³/mol. The van der Waals surface area contributed by atoms with Gasteiger partial charge in [0.15, 0.2) is 5.82 Å². The van der Waals surface area contributed by atoms with Crippen molar-refractivity contribution in [2.75, 3.05) is 19.6 Å². The first-order valence-electron chi connectivity index (χ1n) is 9.09. The molecule has 0 saturated carbocycles. The zero-order valence-corrected chi connectivity index (χ0v) is 15.2. The van der Waals surface area contributed by atoms with Crippen LogP contribution in [0.3, 0.4) is 0 Å². The number of rotatable bonds is 6. The molecule has 6 nitrogen and oxygen atoms in total. The van der Waals surface area contributed by atoms with E-state index in [1.807, 2.05) is 13.8 Å². The second-order valence-electron chi connectivity index (χ2n) is 7.06. The molecule has 1 aliphatic rings. The number of likely N-dealkylation sites (tertiary alicyclic amines) is 1. The number of aromatic nitrogens is 2. The summed E-state index contributed by atoms with van der Waals surface area (Å²) >= 11 is 0. The Balaban J connectivity index is 1.43. The number of carbonyl (C=O) groups is 1. The van der Waals surface area contributed by atoms with E-state index in [9.17, 15) is 9.18 Å². The lowest BCUT2D eigenvalue weighted by molar-refractivity contribution is -0.122. The largest absolute Gasteiger partial charge is 0.351 e. The first-order valence-corrected chi connectivity index (χ1v) is 9.09. The van der Waals surface area contributed by atoms with Crippen LogP contribution in [0.2, 0.25) is 0 Å². The summed E-state index contributed by atoms with van der Waals surface area (Å²) in [5, 5.41) is 6.81. The van der Waals surface area contributed by atoms with E-state index in [-0.39, 0.29) is 30.1 Å². The zero-order valence-electron chi connectivity index (χ0n) is 15.2. The van der Waals surface area contributed by atoms with Crippen LogP contribution in [0.25, 0.3) is 0 Å². The van der Waals surface area contributed by atoms with Crippen molar-refractivity contribution in [1.29, 1.82) is 0 Å². The van der Waals surface area contributed by atoms with Gasteiger partial charge in [0.1, 0.15) is 5.82 Å². The van der Waals surface area contributed by atoms with Crippen molar-refractivity contribution in [3.63, 3.8) is 0 Å². The molecule has 0 atom stereocenters. The molecule has 0 spiro atoms. The van der Waals surface area contributed by atoms with Crippen LogP contribution in [0.1, 0.15) is 55.8 Å². The monoisotopic (exact) mass is 360 g/mol. The minimum Gasteiger partial charge on any atom is -0.351 e. The number of hydrogen-bond donors (Lipinski definition) is 1. The molecule has 0 bridgehead atoms. The number of nitrogens with zero attached hydrogens (tertiary/aromatic N) is 3. The molecule has 1 aromatic heterocycles. The molecule has 2 heterocycles. The number of amides is 1. The Hall–Kier alpha value is -2.28. The molecule has 2 aromatic rings. The Labute approximate surface area is 152 Å². The van der Waals surface area contributed by atoms with Gasteiger partial charge in [0.2, 0.25) is 11.8 Å². The lowest BCUT2D eigenvalue weighted by Gasteiger charge is -2.29. The molecule has 1 amide bonds. The van der Waals surface area contributed by atoms with E-state index in [0.717, 1.165) is 31.8 Å². The summed E-state index contributed by atoms with van der Waals surface area (Å²) in [4.78, 5) is 18.7. The van der Waals surface area contributed by atoms with Crippen LogP contribution in [-0.4, -0.2) is 40.6 Å². The molecule has 1 fully saturated rings. The normalized spacial score (nSPS) is 16.2. The summed E-state index contributed by atoms with van der Waals surface area (Å²) < 4.78 is 19.0. The fourth-order valence-corrected chi connectivity index (χ4v) is 3.08. The van der Waals surface area contributed by atoms with E-state index >= 15 is 0 Å². The Morgan fingerprint density at radius 3 is 2.73 bits per heavy atom. The lowest BCUT2D eigenvalue weighted by atomic mass is 9.97. The van der Waals surface area contributed by atoms with Crippen molar-refractivity contribution in [1.82, 2.24) is 20.4 Å². The third-order valence-electron chi connectivity index (χ3n) is 4.71. The molecule has 140 valence electrons. The average Bonchev–Trinajstić information content (AvgIpc) is 3.12. The second kappa shape index (κ2) is 8.40. The molecule has 1 saturated heterocycles. The molecular weight excluding hydrogens is 335 g/mol. The second-order valence-corrected chi connectivity index (χ2v) is 7.06. The summed E-state index contributed by atoms with van der Waals surface area (Å²) in [6, 6.07) is 6.47. The van der Waals surface area contributed by atoms with E-state index in [0.29, 0.717) is 18.0 Å². The predicted octanol–water partition coefficient (Wildman–Crippen LogP) is 2.83. The number of nitrogens with one attached hydrogen (secondary N) is 1. The van der Waals surface area contributed by atoms with Crippen molar-refractivity contribution >= 4 is 5.91 Å². The highest BCUT2D eigenvalue weighted by atomic mass is 19.1. The van der Waals surface area contributed by atoms with E-state index in [2.05, 4.69) is 20.4 Å². The number of carbonyl (C=O) groups excluding carboxylic acids is 1. The summed E-state index contributed by atoms with van der Waals surface area (Å²) in [6.07, 6.45) is 1.78. The molecule has 3 rings (SSSR count). The van der Waals surface area contributed by atoms with E-state index in [1.165, 1.54) is 6.07 Å². The van der Waals surface area contributed by atoms with Gasteiger partial charge in [0.25, 0.3) is 0 Å². The van der Waals surface area contributed by atoms with Gasteiger partial charge in [0.05, 0.1) is 6.54 Å². The molecule has 1 N–H and O–H groups in total. The molecule has 0 radical (unpaired) electrons. The van der Waals surface area contributed by atoms with E-state index in [1.54, 1.807) is 18.2 Å². The lowest BCUT2D eigenvalue weighted by Crippen LogP contribution is -2.41. The van der Waals surface area contributed by atoms with Crippen LogP contribution in [0.5, 0.6) is 0 Å². The van der Waals surface area contributed by atoms with Crippen molar-refractivity contribution in [3.05, 3.63) is 47.4 Å². The van der Waals surface area contributed by atoms with Crippen LogP contribution >= 0.6 is 0 Å². The molecule has 1 aliphatic heterocycles. The third-order valence-corrected chi connectivity index (χ3v) is 4.71. The maximum atomic E-state index is 13.6. The molecule has 1 aromatic carbocycles. The van der Waals surface area contributed by atoms with Crippen LogP contribution in [0, 0.1) is 5.82 Å². The SMILES string of the molecule is CC(C)c1noc(C2CCN(CC(=O)NCc3ccccc3F)CC2)n1. The van der Waals surface area contributed by atoms with Crippen LogP contribution in [0.15, 0.2) is 28.8 Å². The average molecular weight is 360 g/mol. The van der Waals surface area contributed by atoms with Crippen molar-refractivity contribution in [2.24, 2.45) is 0 Å². The highest BCUT2D eigenvalue weighted by Gasteiger charge is 2.26. The van der Waals surface area contributed by atoms with Crippen molar-refractivity contribution in [2.45, 2.75) is 45.1 Å². The van der Waals surface area contributed by atoms with Gasteiger partial charge >= 0.3 is 0 Å². The fourth-order valence-electron chi connectivity index (χ4n) is 3.08. The van der Waals surface area contributed by atoms with Crippen LogP contribution in [-0.2, 0) is 11.3 Å². The summed E-state index contributed by atoms with van der Waals surface area (Å²) in [7, 11) is 0. The van der Waals surface area contributed by atoms with Gasteiger partial charge in [-0.25, -0.2) is 4.39 Å². The van der Waals surface area contributed by atoms with Gasteiger partial charge in [-0.05, 0) is 32.0 Å². The number of benzene rings is 1. The standard InChI is InChI=1S/C19H25FN4O2/c1-13(2)18-22-19(26-23-18)14-7-9-24(10-8-14)12-17(25)21-11-15-5-3-4-6-16(15)20/h3-6,13-14H,7-12H2,1-2H3,(H,21,25). The van der Waals surface area contributed by atoms with E-state index in [4.69, 9.17) is 4.52 Å². The topological polar surface area (TPSA) is 71.3 Å². The summed E-state index contributed by atoms with van der Waals surface area (Å²) in [6.45, 7) is 6.22. The Bertz CT molecular complexity index is 739. The molecular formula is C19H25FN4O2. The molecule has 0 aliphatic carbocycles. The van der Waals surface area contributed by atoms with Gasteiger partial charge in [-0.1, -0.05) is 37.2 Å². The van der Waals surface area contributed by atoms with Gasteiger partial charge in [-0.2, -0.15) is 4.98 Å². The highest BCUT2D eigenvalue weighted by Crippen LogP contribution is 2.27. The van der Waals surface area contributed by atoms with Crippen molar-refractivity contribution in [3.8, 4) is 0 Å². The summed E-state index contributed by atoms with van der Waals surface area (Å²) in [5.74, 6) is 1.58. The van der Waals surface area contributed by atoms with Crippen LogP contribution in [0.4, 0.5) is 4.39 Å². The number of piperidine rings is 1. The summed E-state index contributed by atoms with van der Waals surface area (Å²) in [5.41, 5.74) is 0.497. The fraction of sp³-hybridized carbons (Fsp3) is 0.526. The first-order chi connectivity index (χ1) is 12.5. The minimum atomic E-state index is -0.297. The van der Waals surface area contributed by atoms with Gasteiger partial charge in [-0.3, -0.25) is 9.69 Å². The number of halogens is 1. The quantitative estimate of drug-likeness (QED) is 0.858. The Morgan fingerprint density at radius 1 is 1.35 bits per heavy atom. The first kappa shape index (κ1) is 18.5. The smallest absolute Gasteiger partial charge is 0.234 e. The zero-order chi connectivity index (χ0) is 18.5. The van der Waals surface area contributed by atoms with Crippen molar-refractivity contribution < 1.29 is 13.7 Å². The maximum Gasteiger partial charge on any atom is 0.234 e. The number of hydrogen-bond acceptors (Lipinski definition) is 5. The Kier molecular flexibility index (Phi) is 5.98. The van der Waals surface area contributed by atoms with E-state index < -0.39 is 0 Å². The third kappa shape index (κ3) is 4.66. The Morgan fingerprint density at radius 2 is 2.08 bits per heavy atom. The molecule has 7 heteroatoms. The molecule has 26 heavy (non-hydrogen) atoms. The van der Waals surface area contributed by atoms with Crippen LogP contribution < -0.4 is 5.32 Å². The molecule has 0 unspecified atom stereocenters. The minimum absolute atomic E-state index is 0.0911. The van der Waals surface area contributed by atoms with Gasteiger partial charge < -0.3 is 9.84 Å². The van der Waals surface area contributed by atoms with Gasteiger partial charge in [0, 0.05) is 23.9 Å². The highest BCUT2D eigenvalue weighted by molar-refractivity contribution is 5.78. The maximum absolute atomic E-state index is 13.6.